The van der Waals surface area contributed by atoms with Gasteiger partial charge in [-0.25, -0.2) is 0 Å². The molecule has 2 aromatic rings. The highest BCUT2D eigenvalue weighted by atomic mass is 32.2. The Hall–Kier alpha value is -1.76. The van der Waals surface area contributed by atoms with Crippen molar-refractivity contribution in [3.8, 4) is 11.6 Å². The smallest absolute Gasteiger partial charge is 0.316 e. The van der Waals surface area contributed by atoms with Gasteiger partial charge in [0.05, 0.1) is 19.1 Å². The number of thioether (sulfide) groups is 1. The van der Waals surface area contributed by atoms with E-state index in [1.807, 2.05) is 16.7 Å². The van der Waals surface area contributed by atoms with Crippen LogP contribution in [0.1, 0.15) is 13.3 Å². The minimum atomic E-state index is -0.282. The maximum absolute atomic E-state index is 11.2. The second-order valence-corrected chi connectivity index (χ2v) is 4.74. The predicted octanol–water partition coefficient (Wildman–Crippen LogP) is 2.21. The molecule has 2 rings (SSSR count). The quantitative estimate of drug-likeness (QED) is 0.597. The van der Waals surface area contributed by atoms with Crippen LogP contribution in [0.4, 0.5) is 0 Å². The first kappa shape index (κ1) is 13.7. The Morgan fingerprint density at radius 2 is 2.37 bits per heavy atom. The zero-order valence-electron chi connectivity index (χ0n) is 10.8. The zero-order valence-corrected chi connectivity index (χ0v) is 11.6. The van der Waals surface area contributed by atoms with Gasteiger partial charge >= 0.3 is 5.97 Å². The number of carbonyl (C=O) groups excluding carboxylic acids is 1. The number of carbonyl (C=O) groups is 1. The van der Waals surface area contributed by atoms with E-state index in [1.54, 1.807) is 6.26 Å². The summed E-state index contributed by atoms with van der Waals surface area (Å²) in [6, 6.07) is 3.65. The van der Waals surface area contributed by atoms with Crippen molar-refractivity contribution in [2.24, 2.45) is 0 Å². The van der Waals surface area contributed by atoms with Crippen molar-refractivity contribution < 1.29 is 13.9 Å². The predicted molar refractivity (Wildman–Crippen MR) is 70.8 cm³/mol. The fraction of sp³-hybridized carbons (Fsp3) is 0.417. The third-order valence-corrected chi connectivity index (χ3v) is 3.39. The van der Waals surface area contributed by atoms with Crippen LogP contribution in [0.15, 0.2) is 28.0 Å². The minimum absolute atomic E-state index is 0.219. The molecule has 0 amide bonds. The summed E-state index contributed by atoms with van der Waals surface area (Å²) in [7, 11) is 1.37. The molecule has 0 fully saturated rings. The molecule has 6 nitrogen and oxygen atoms in total. The van der Waals surface area contributed by atoms with Gasteiger partial charge in [-0.05, 0) is 18.6 Å². The summed E-state index contributed by atoms with van der Waals surface area (Å²) in [4.78, 5) is 11.2. The van der Waals surface area contributed by atoms with E-state index in [2.05, 4.69) is 21.9 Å². The Labute approximate surface area is 115 Å². The lowest BCUT2D eigenvalue weighted by Crippen LogP contribution is -2.06. The van der Waals surface area contributed by atoms with Crippen LogP contribution >= 0.6 is 11.8 Å². The van der Waals surface area contributed by atoms with E-state index < -0.39 is 0 Å². The van der Waals surface area contributed by atoms with E-state index in [-0.39, 0.29) is 11.7 Å². The molecule has 7 heteroatoms. The third kappa shape index (κ3) is 3.17. The normalized spacial score (nSPS) is 10.6. The highest BCUT2D eigenvalue weighted by molar-refractivity contribution is 7.99. The van der Waals surface area contributed by atoms with Crippen molar-refractivity contribution in [3.05, 3.63) is 18.4 Å². The lowest BCUT2D eigenvalue weighted by atomic mass is 10.4. The van der Waals surface area contributed by atoms with Gasteiger partial charge in [0.1, 0.15) is 0 Å². The van der Waals surface area contributed by atoms with Gasteiger partial charge in [0.15, 0.2) is 16.7 Å². The molecule has 0 aromatic carbocycles. The summed E-state index contributed by atoms with van der Waals surface area (Å²) in [6.45, 7) is 2.84. The van der Waals surface area contributed by atoms with Gasteiger partial charge < -0.3 is 9.15 Å². The number of nitrogens with zero attached hydrogens (tertiary/aromatic N) is 3. The van der Waals surface area contributed by atoms with Gasteiger partial charge in [0, 0.05) is 6.54 Å². The summed E-state index contributed by atoms with van der Waals surface area (Å²) in [5.74, 6) is 1.29. The van der Waals surface area contributed by atoms with Crippen LogP contribution in [-0.2, 0) is 16.1 Å². The molecule has 0 aliphatic rings. The zero-order chi connectivity index (χ0) is 13.7. The van der Waals surface area contributed by atoms with E-state index in [0.717, 1.165) is 13.0 Å². The number of furan rings is 1. The molecule has 0 saturated carbocycles. The summed E-state index contributed by atoms with van der Waals surface area (Å²) < 4.78 is 11.9. The second-order valence-electron chi connectivity index (χ2n) is 3.80. The summed E-state index contributed by atoms with van der Waals surface area (Å²) in [5.41, 5.74) is 0. The second kappa shape index (κ2) is 6.42. The molecular formula is C12H15N3O3S. The fourth-order valence-corrected chi connectivity index (χ4v) is 2.39. The van der Waals surface area contributed by atoms with E-state index >= 15 is 0 Å². The molecule has 0 spiro atoms. The van der Waals surface area contributed by atoms with E-state index in [1.165, 1.54) is 18.9 Å². The van der Waals surface area contributed by atoms with Gasteiger partial charge in [0.25, 0.3) is 0 Å². The number of aromatic nitrogens is 3. The highest BCUT2D eigenvalue weighted by Gasteiger charge is 2.16. The van der Waals surface area contributed by atoms with Crippen molar-refractivity contribution in [1.82, 2.24) is 14.8 Å². The largest absolute Gasteiger partial charge is 0.468 e. The molecule has 0 saturated heterocycles. The first-order chi connectivity index (χ1) is 9.26. The lowest BCUT2D eigenvalue weighted by Gasteiger charge is -2.06. The molecule has 0 unspecified atom stereocenters. The van der Waals surface area contributed by atoms with Crippen LogP contribution in [0.2, 0.25) is 0 Å². The fourth-order valence-electron chi connectivity index (χ4n) is 1.59. The van der Waals surface area contributed by atoms with Crippen LogP contribution in [0, 0.1) is 0 Å². The number of ether oxygens (including phenoxy) is 1. The molecule has 0 aliphatic carbocycles. The van der Waals surface area contributed by atoms with Gasteiger partial charge in [-0.1, -0.05) is 18.7 Å². The van der Waals surface area contributed by atoms with Crippen LogP contribution in [0.3, 0.4) is 0 Å². The maximum Gasteiger partial charge on any atom is 0.316 e. The average molecular weight is 281 g/mol. The number of hydrogen-bond donors (Lipinski definition) is 0. The van der Waals surface area contributed by atoms with Crippen LogP contribution in [-0.4, -0.2) is 33.6 Å². The molecule has 19 heavy (non-hydrogen) atoms. The number of methoxy groups -OCH3 is 1. The van der Waals surface area contributed by atoms with E-state index in [9.17, 15) is 4.79 Å². The summed E-state index contributed by atoms with van der Waals surface area (Å²) in [5, 5.41) is 8.93. The van der Waals surface area contributed by atoms with Crippen LogP contribution in [0.5, 0.6) is 0 Å². The first-order valence-corrected chi connectivity index (χ1v) is 6.91. The molecule has 2 aromatic heterocycles. The monoisotopic (exact) mass is 281 g/mol. The summed E-state index contributed by atoms with van der Waals surface area (Å²) >= 11 is 1.31. The van der Waals surface area contributed by atoms with Crippen molar-refractivity contribution in [2.45, 2.75) is 25.0 Å². The molecule has 0 N–H and O–H groups in total. The highest BCUT2D eigenvalue weighted by Crippen LogP contribution is 2.24. The van der Waals surface area contributed by atoms with Gasteiger partial charge in [-0.3, -0.25) is 9.36 Å². The van der Waals surface area contributed by atoms with E-state index in [0.29, 0.717) is 16.7 Å². The Bertz CT molecular complexity index is 536. The van der Waals surface area contributed by atoms with Crippen molar-refractivity contribution in [3.63, 3.8) is 0 Å². The Kier molecular flexibility index (Phi) is 4.62. The van der Waals surface area contributed by atoms with Crippen molar-refractivity contribution in [1.29, 1.82) is 0 Å². The number of esters is 1. The SMILES string of the molecule is CCCn1c(SCC(=O)OC)nnc1-c1ccco1. The van der Waals surface area contributed by atoms with Crippen molar-refractivity contribution in [2.75, 3.05) is 12.9 Å². The molecule has 102 valence electrons. The molecule has 0 bridgehead atoms. The minimum Gasteiger partial charge on any atom is -0.468 e. The number of hydrogen-bond acceptors (Lipinski definition) is 6. The molecule has 0 radical (unpaired) electrons. The van der Waals surface area contributed by atoms with Gasteiger partial charge in [0.2, 0.25) is 0 Å². The van der Waals surface area contributed by atoms with E-state index in [4.69, 9.17) is 4.42 Å². The van der Waals surface area contributed by atoms with Crippen LogP contribution < -0.4 is 0 Å². The molecule has 2 heterocycles. The first-order valence-electron chi connectivity index (χ1n) is 5.93. The Balaban J connectivity index is 2.22. The number of rotatable bonds is 6. The van der Waals surface area contributed by atoms with Crippen molar-refractivity contribution >= 4 is 17.7 Å². The lowest BCUT2D eigenvalue weighted by molar-refractivity contribution is -0.137. The Morgan fingerprint density at radius 1 is 1.53 bits per heavy atom. The maximum atomic E-state index is 11.2. The third-order valence-electron chi connectivity index (χ3n) is 2.45. The molecule has 0 aliphatic heterocycles. The topological polar surface area (TPSA) is 70.2 Å². The van der Waals surface area contributed by atoms with Gasteiger partial charge in [-0.2, -0.15) is 0 Å². The van der Waals surface area contributed by atoms with Crippen LogP contribution in [0.25, 0.3) is 11.6 Å². The standard InChI is InChI=1S/C12H15N3O3S/c1-3-6-15-11(9-5-4-7-18-9)13-14-12(15)19-8-10(16)17-2/h4-5,7H,3,6,8H2,1-2H3. The summed E-state index contributed by atoms with van der Waals surface area (Å²) in [6.07, 6.45) is 2.54. The Morgan fingerprint density at radius 3 is 3.00 bits per heavy atom. The van der Waals surface area contributed by atoms with Gasteiger partial charge in [-0.15, -0.1) is 10.2 Å². The molecular weight excluding hydrogens is 266 g/mol. The molecule has 0 atom stereocenters. The average Bonchev–Trinajstić information content (AvgIpc) is 3.05.